The molecule has 1 aliphatic heterocycles. The lowest BCUT2D eigenvalue weighted by atomic mass is 10.1. The van der Waals surface area contributed by atoms with Gasteiger partial charge < -0.3 is 4.74 Å². The van der Waals surface area contributed by atoms with E-state index < -0.39 is 16.7 Å². The highest BCUT2D eigenvalue weighted by atomic mass is 16.6. The van der Waals surface area contributed by atoms with Crippen LogP contribution in [0.1, 0.15) is 5.56 Å². The Morgan fingerprint density at radius 2 is 2.00 bits per heavy atom. The first kappa shape index (κ1) is 11.0. The second-order valence-corrected chi connectivity index (χ2v) is 3.37. The number of nitrogens with zero attached hydrogens (tertiary/aromatic N) is 1. The van der Waals surface area contributed by atoms with Gasteiger partial charge in [0.15, 0.2) is 6.61 Å². The molecule has 0 amide bonds. The van der Waals surface area contributed by atoms with Crippen LogP contribution >= 0.6 is 0 Å². The molecule has 6 nitrogen and oxygen atoms in total. The molecule has 1 aromatic carbocycles. The summed E-state index contributed by atoms with van der Waals surface area (Å²) in [6.45, 7) is -0.300. The largest absolute Gasteiger partial charge is 0.454 e. The molecule has 0 aliphatic carbocycles. The van der Waals surface area contributed by atoms with Gasteiger partial charge >= 0.3 is 5.97 Å². The van der Waals surface area contributed by atoms with Crippen molar-refractivity contribution in [3.05, 3.63) is 45.5 Å². The van der Waals surface area contributed by atoms with Crippen molar-refractivity contribution in [2.45, 2.75) is 0 Å². The minimum Gasteiger partial charge on any atom is -0.454 e. The monoisotopic (exact) mass is 233 g/mol. The van der Waals surface area contributed by atoms with E-state index in [1.54, 1.807) is 6.07 Å². The van der Waals surface area contributed by atoms with Gasteiger partial charge in [-0.3, -0.25) is 14.9 Å². The first-order valence-electron chi connectivity index (χ1n) is 4.75. The maximum Gasteiger partial charge on any atom is 0.342 e. The van der Waals surface area contributed by atoms with Crippen molar-refractivity contribution in [1.29, 1.82) is 0 Å². The number of rotatable bonds is 2. The lowest BCUT2D eigenvalue weighted by Crippen LogP contribution is -2.01. The Morgan fingerprint density at radius 1 is 1.29 bits per heavy atom. The number of nitro groups is 1. The second kappa shape index (κ2) is 4.17. The van der Waals surface area contributed by atoms with Gasteiger partial charge in [-0.2, -0.15) is 0 Å². The van der Waals surface area contributed by atoms with Crippen molar-refractivity contribution in [2.24, 2.45) is 0 Å². The Morgan fingerprint density at radius 3 is 2.59 bits per heavy atom. The van der Waals surface area contributed by atoms with Crippen LogP contribution in [0.25, 0.3) is 6.08 Å². The number of para-hydroxylation sites is 1. The van der Waals surface area contributed by atoms with E-state index in [-0.39, 0.29) is 23.4 Å². The minimum absolute atomic E-state index is 0.153. The molecule has 0 bridgehead atoms. The van der Waals surface area contributed by atoms with Crippen molar-refractivity contribution < 1.29 is 19.2 Å². The summed E-state index contributed by atoms with van der Waals surface area (Å²) in [6.07, 6.45) is 1.19. The summed E-state index contributed by atoms with van der Waals surface area (Å²) in [6, 6.07) is 5.86. The van der Waals surface area contributed by atoms with E-state index >= 15 is 0 Å². The fraction of sp³-hybridized carbons (Fsp3) is 0.0909. The number of Topliss-reactive ketones (excluding diaryl/α,β-unsaturated/α-hetero) is 1. The van der Waals surface area contributed by atoms with E-state index in [0.717, 1.165) is 0 Å². The number of cyclic esters (lactones) is 1. The fourth-order valence-corrected chi connectivity index (χ4v) is 1.47. The average molecular weight is 233 g/mol. The van der Waals surface area contributed by atoms with Crippen LogP contribution in [0.15, 0.2) is 29.8 Å². The number of esters is 1. The summed E-state index contributed by atoms with van der Waals surface area (Å²) in [5, 5.41) is 10.7. The molecule has 0 spiro atoms. The Kier molecular flexibility index (Phi) is 2.70. The van der Waals surface area contributed by atoms with Gasteiger partial charge in [0.2, 0.25) is 5.78 Å². The number of carbonyl (C=O) groups excluding carboxylic acids is 2. The normalized spacial score (nSPS) is 17.3. The van der Waals surface area contributed by atoms with Gasteiger partial charge in [0.05, 0.1) is 10.5 Å². The number of ether oxygens (including phenoxy) is 1. The Hall–Kier alpha value is -2.50. The average Bonchev–Trinajstić information content (AvgIpc) is 2.61. The maximum atomic E-state index is 11.3. The molecule has 0 N–H and O–H groups in total. The molecule has 1 saturated heterocycles. The molecule has 2 rings (SSSR count). The number of benzene rings is 1. The lowest BCUT2D eigenvalue weighted by molar-refractivity contribution is -0.385. The van der Waals surface area contributed by atoms with Crippen LogP contribution in [-0.4, -0.2) is 23.3 Å². The van der Waals surface area contributed by atoms with Crippen molar-refractivity contribution in [2.75, 3.05) is 6.61 Å². The molecule has 1 aromatic rings. The van der Waals surface area contributed by atoms with Crippen LogP contribution in [0.3, 0.4) is 0 Å². The summed E-state index contributed by atoms with van der Waals surface area (Å²) < 4.78 is 4.52. The summed E-state index contributed by atoms with van der Waals surface area (Å²) in [5.41, 5.74) is -0.105. The third kappa shape index (κ3) is 2.05. The highest BCUT2D eigenvalue weighted by Gasteiger charge is 2.28. The van der Waals surface area contributed by atoms with Crippen LogP contribution in [-0.2, 0) is 14.3 Å². The molecule has 0 radical (unpaired) electrons. The molecule has 1 heterocycles. The number of hydrogen-bond donors (Lipinski definition) is 0. The third-order valence-corrected chi connectivity index (χ3v) is 2.29. The van der Waals surface area contributed by atoms with E-state index in [1.165, 1.54) is 24.3 Å². The van der Waals surface area contributed by atoms with E-state index in [2.05, 4.69) is 4.74 Å². The molecule has 86 valence electrons. The first-order chi connectivity index (χ1) is 8.09. The van der Waals surface area contributed by atoms with Gasteiger partial charge in [-0.05, 0) is 12.1 Å². The van der Waals surface area contributed by atoms with Crippen molar-refractivity contribution in [3.8, 4) is 0 Å². The quantitative estimate of drug-likeness (QED) is 0.251. The Bertz CT molecular complexity index is 529. The smallest absolute Gasteiger partial charge is 0.342 e. The van der Waals surface area contributed by atoms with Crippen LogP contribution in [0.5, 0.6) is 0 Å². The van der Waals surface area contributed by atoms with Crippen molar-refractivity contribution in [3.63, 3.8) is 0 Å². The SMILES string of the molecule is O=C1COC(=O)C1=Cc1ccccc1[N+](=O)[O-]. The zero-order valence-corrected chi connectivity index (χ0v) is 8.58. The summed E-state index contributed by atoms with van der Waals surface area (Å²) in [4.78, 5) is 32.6. The van der Waals surface area contributed by atoms with Crippen LogP contribution in [0.4, 0.5) is 5.69 Å². The van der Waals surface area contributed by atoms with E-state index in [1.807, 2.05) is 0 Å². The molecule has 0 atom stereocenters. The minimum atomic E-state index is -0.742. The van der Waals surface area contributed by atoms with Gasteiger partial charge in [-0.25, -0.2) is 4.79 Å². The first-order valence-corrected chi connectivity index (χ1v) is 4.75. The molecule has 6 heteroatoms. The van der Waals surface area contributed by atoms with Crippen molar-refractivity contribution in [1.82, 2.24) is 0 Å². The second-order valence-electron chi connectivity index (χ2n) is 3.37. The number of hydrogen-bond acceptors (Lipinski definition) is 5. The maximum absolute atomic E-state index is 11.3. The zero-order chi connectivity index (χ0) is 12.4. The topological polar surface area (TPSA) is 86.5 Å². The highest BCUT2D eigenvalue weighted by Crippen LogP contribution is 2.22. The molecule has 17 heavy (non-hydrogen) atoms. The van der Waals surface area contributed by atoms with Crippen molar-refractivity contribution >= 4 is 23.5 Å². The van der Waals surface area contributed by atoms with Gasteiger partial charge in [0.25, 0.3) is 5.69 Å². The third-order valence-electron chi connectivity index (χ3n) is 2.29. The molecular formula is C11H7NO5. The molecule has 1 fully saturated rings. The zero-order valence-electron chi connectivity index (χ0n) is 8.58. The van der Waals surface area contributed by atoms with Crippen LogP contribution in [0.2, 0.25) is 0 Å². The Balaban J connectivity index is 2.48. The fourth-order valence-electron chi connectivity index (χ4n) is 1.47. The number of ketones is 1. The van der Waals surface area contributed by atoms with E-state index in [4.69, 9.17) is 0 Å². The predicted octanol–water partition coefficient (Wildman–Crippen LogP) is 1.10. The molecular weight excluding hydrogens is 226 g/mol. The molecule has 1 aliphatic rings. The summed E-state index contributed by atoms with van der Waals surface area (Å²) in [7, 11) is 0. The number of nitro benzene ring substituents is 1. The number of carbonyl (C=O) groups is 2. The van der Waals surface area contributed by atoms with Gasteiger partial charge in [0, 0.05) is 6.07 Å². The van der Waals surface area contributed by atoms with Gasteiger partial charge in [0.1, 0.15) is 5.57 Å². The predicted molar refractivity (Wildman–Crippen MR) is 57.0 cm³/mol. The highest BCUT2D eigenvalue weighted by molar-refractivity contribution is 6.24. The molecule has 0 saturated carbocycles. The molecule has 0 unspecified atom stereocenters. The van der Waals surface area contributed by atoms with E-state index in [9.17, 15) is 19.7 Å². The lowest BCUT2D eigenvalue weighted by Gasteiger charge is -1.97. The summed E-state index contributed by atoms with van der Waals surface area (Å²) >= 11 is 0. The van der Waals surface area contributed by atoms with Gasteiger partial charge in [-0.15, -0.1) is 0 Å². The molecule has 0 aromatic heterocycles. The standard InChI is InChI=1S/C11H7NO5/c13-10-6-17-11(14)8(10)5-7-3-1-2-4-9(7)12(15)16/h1-5H,6H2. The Labute approximate surface area is 95.7 Å². The van der Waals surface area contributed by atoms with Crippen LogP contribution in [0, 0.1) is 10.1 Å². The van der Waals surface area contributed by atoms with Crippen LogP contribution < -0.4 is 0 Å². The van der Waals surface area contributed by atoms with E-state index in [0.29, 0.717) is 0 Å². The summed E-state index contributed by atoms with van der Waals surface area (Å²) in [5.74, 6) is -1.21. The van der Waals surface area contributed by atoms with Gasteiger partial charge in [-0.1, -0.05) is 12.1 Å².